The molecular weight excluding hydrogens is 607 g/mol. The van der Waals surface area contributed by atoms with Crippen LogP contribution in [0.5, 0.6) is 5.75 Å². The van der Waals surface area contributed by atoms with Gasteiger partial charge in [0.2, 0.25) is 0 Å². The topological polar surface area (TPSA) is 164 Å². The van der Waals surface area contributed by atoms with E-state index in [1.807, 2.05) is 24.3 Å². The molecule has 12 nitrogen and oxygen atoms in total. The first-order valence-corrected chi connectivity index (χ1v) is 16.3. The predicted octanol–water partition coefficient (Wildman–Crippen LogP) is 5.52. The third kappa shape index (κ3) is 8.34. The molecule has 1 unspecified atom stereocenters. The van der Waals surface area contributed by atoms with Gasteiger partial charge in [-0.1, -0.05) is 35.9 Å². The lowest BCUT2D eigenvalue weighted by Crippen LogP contribution is -2.37. The average molecular weight is 645 g/mol. The van der Waals surface area contributed by atoms with Crippen molar-refractivity contribution in [3.63, 3.8) is 0 Å². The predicted molar refractivity (Wildman–Crippen MR) is 169 cm³/mol. The smallest absolute Gasteiger partial charge is 0.342 e. The molecule has 14 heteroatoms. The standard InChI is InChI=1S/C30H38ClN6O6P/c1-18(2)42-29(38)20(4)36-44(40,17-41-19(3)14-37-16-35-26-27(32)33-15-34-28(26)37)43-23-11-12-24(25(31)13-23)21-7-9-22(10-8-21)30(5,6)39/h7-13,15-16,18-20,39H,14,17H2,1-6H3,(H,36,40)(H2,32,33,34)/t19-,20+,44?/m1/s1. The van der Waals surface area contributed by atoms with E-state index in [1.54, 1.807) is 70.6 Å². The fourth-order valence-electron chi connectivity index (χ4n) is 4.37. The van der Waals surface area contributed by atoms with Crippen LogP contribution in [0.25, 0.3) is 22.3 Å². The molecule has 0 aliphatic carbocycles. The first kappa shape index (κ1) is 33.4. The Hall–Kier alpha value is -3.54. The van der Waals surface area contributed by atoms with Crippen LogP contribution in [-0.4, -0.2) is 55.2 Å². The summed E-state index contributed by atoms with van der Waals surface area (Å²) in [6.45, 7) is 10.5. The Morgan fingerprint density at radius 2 is 1.82 bits per heavy atom. The third-order valence-electron chi connectivity index (χ3n) is 6.60. The van der Waals surface area contributed by atoms with Crippen molar-refractivity contribution >= 4 is 42.1 Å². The minimum absolute atomic E-state index is 0.219. The lowest BCUT2D eigenvalue weighted by molar-refractivity contribution is -0.149. The number of rotatable bonds is 13. The molecule has 0 aliphatic heterocycles. The van der Waals surface area contributed by atoms with Gasteiger partial charge in [0.15, 0.2) is 11.5 Å². The number of nitrogens with one attached hydrogen (secondary N) is 1. The fourth-order valence-corrected chi connectivity index (χ4v) is 6.43. The number of carbonyl (C=O) groups is 1. The molecule has 44 heavy (non-hydrogen) atoms. The number of fused-ring (bicyclic) bond motifs is 1. The number of hydrogen-bond acceptors (Lipinski definition) is 10. The van der Waals surface area contributed by atoms with Gasteiger partial charge in [0.25, 0.3) is 0 Å². The van der Waals surface area contributed by atoms with Crippen LogP contribution in [0.2, 0.25) is 5.02 Å². The summed E-state index contributed by atoms with van der Waals surface area (Å²) < 4.78 is 33.1. The molecule has 0 aliphatic rings. The summed E-state index contributed by atoms with van der Waals surface area (Å²) in [6, 6.07) is 11.4. The average Bonchev–Trinajstić information content (AvgIpc) is 3.35. The van der Waals surface area contributed by atoms with Crippen LogP contribution in [0.3, 0.4) is 0 Å². The van der Waals surface area contributed by atoms with Crippen molar-refractivity contribution in [2.45, 2.75) is 71.9 Å². The molecule has 4 aromatic rings. The maximum absolute atomic E-state index is 14.2. The van der Waals surface area contributed by atoms with Gasteiger partial charge in [0.1, 0.15) is 30.0 Å². The number of aromatic nitrogens is 4. The molecule has 2 aromatic carbocycles. The van der Waals surface area contributed by atoms with E-state index in [4.69, 9.17) is 31.3 Å². The highest BCUT2D eigenvalue weighted by Gasteiger charge is 2.32. The molecule has 0 fully saturated rings. The van der Waals surface area contributed by atoms with Gasteiger partial charge in [-0.25, -0.2) is 20.0 Å². The molecule has 4 N–H and O–H groups in total. The number of ether oxygens (including phenoxy) is 2. The van der Waals surface area contributed by atoms with Crippen LogP contribution in [0.1, 0.15) is 47.1 Å². The number of aliphatic hydroxyl groups is 1. The maximum atomic E-state index is 14.2. The zero-order valence-corrected chi connectivity index (χ0v) is 27.2. The largest absolute Gasteiger partial charge is 0.462 e. The minimum Gasteiger partial charge on any atom is -0.462 e. The van der Waals surface area contributed by atoms with Gasteiger partial charge in [-0.2, -0.15) is 0 Å². The number of benzene rings is 2. The van der Waals surface area contributed by atoms with Crippen LogP contribution in [0, 0.1) is 0 Å². The molecule has 0 saturated carbocycles. The minimum atomic E-state index is -3.86. The molecule has 0 amide bonds. The molecule has 2 aromatic heterocycles. The van der Waals surface area contributed by atoms with Gasteiger partial charge in [-0.05, 0) is 70.9 Å². The highest BCUT2D eigenvalue weighted by atomic mass is 35.5. The molecule has 2 heterocycles. The summed E-state index contributed by atoms with van der Waals surface area (Å²) >= 11 is 6.63. The van der Waals surface area contributed by atoms with Crippen LogP contribution in [-0.2, 0) is 31.0 Å². The van der Waals surface area contributed by atoms with E-state index in [0.29, 0.717) is 22.7 Å². The molecule has 0 spiro atoms. The third-order valence-corrected chi connectivity index (χ3v) is 8.69. The van der Waals surface area contributed by atoms with Crippen molar-refractivity contribution in [2.24, 2.45) is 0 Å². The van der Waals surface area contributed by atoms with Crippen molar-refractivity contribution in [1.29, 1.82) is 0 Å². The van der Waals surface area contributed by atoms with E-state index in [-0.39, 0.29) is 24.0 Å². The number of nitrogens with two attached hydrogens (primary N) is 1. The van der Waals surface area contributed by atoms with E-state index < -0.39 is 31.2 Å². The number of hydrogen-bond donors (Lipinski definition) is 3. The molecule has 4 rings (SSSR count). The van der Waals surface area contributed by atoms with Crippen molar-refractivity contribution in [3.8, 4) is 16.9 Å². The Morgan fingerprint density at radius 3 is 2.45 bits per heavy atom. The second-order valence-corrected chi connectivity index (χ2v) is 13.8. The Kier molecular flexibility index (Phi) is 10.3. The summed E-state index contributed by atoms with van der Waals surface area (Å²) in [4.78, 5) is 25.0. The normalized spacial score (nSPS) is 14.8. The van der Waals surface area contributed by atoms with Crippen molar-refractivity contribution < 1.29 is 28.5 Å². The molecule has 0 saturated heterocycles. The van der Waals surface area contributed by atoms with Gasteiger partial charge in [-0.15, -0.1) is 0 Å². The zero-order chi connectivity index (χ0) is 32.2. The van der Waals surface area contributed by atoms with E-state index in [0.717, 1.165) is 16.7 Å². The van der Waals surface area contributed by atoms with Crippen molar-refractivity contribution in [3.05, 3.63) is 65.7 Å². The van der Waals surface area contributed by atoms with Gasteiger partial charge in [-0.3, -0.25) is 9.36 Å². The summed E-state index contributed by atoms with van der Waals surface area (Å²) in [5.41, 5.74) is 8.25. The van der Waals surface area contributed by atoms with E-state index in [9.17, 15) is 14.5 Å². The monoisotopic (exact) mass is 644 g/mol. The van der Waals surface area contributed by atoms with E-state index in [1.165, 1.54) is 6.33 Å². The lowest BCUT2D eigenvalue weighted by Gasteiger charge is -2.25. The summed E-state index contributed by atoms with van der Waals surface area (Å²) in [7, 11) is -3.86. The Balaban J connectivity index is 1.52. The van der Waals surface area contributed by atoms with Crippen molar-refractivity contribution in [2.75, 3.05) is 12.1 Å². The first-order chi connectivity index (χ1) is 20.6. The Bertz CT molecular complexity index is 1660. The Labute approximate surface area is 261 Å². The number of nitrogen functional groups attached to an aromatic ring is 1. The summed E-state index contributed by atoms with van der Waals surface area (Å²) in [5.74, 6) is -0.0967. The number of nitrogens with zero attached hydrogens (tertiary/aromatic N) is 4. The summed E-state index contributed by atoms with van der Waals surface area (Å²) in [6.07, 6.45) is 1.75. The Morgan fingerprint density at radius 1 is 1.11 bits per heavy atom. The van der Waals surface area contributed by atoms with Gasteiger partial charge in [0, 0.05) is 5.56 Å². The quantitative estimate of drug-likeness (QED) is 0.124. The van der Waals surface area contributed by atoms with Crippen LogP contribution in [0.15, 0.2) is 55.1 Å². The number of halogens is 1. The molecular formula is C30H38ClN6O6P. The number of carbonyl (C=O) groups excluding carboxylic acids is 1. The molecule has 236 valence electrons. The summed E-state index contributed by atoms with van der Waals surface area (Å²) in [5, 5.41) is 13.4. The SMILES string of the molecule is CC(C)OC(=O)[C@H](C)NP(=O)(CO[C@H](C)Cn1cnc2c(N)ncnc21)Oc1ccc(-c2ccc(C(C)(C)O)cc2)c(Cl)c1. The van der Waals surface area contributed by atoms with Crippen LogP contribution < -0.4 is 15.3 Å². The van der Waals surface area contributed by atoms with Gasteiger partial charge < -0.3 is 29.4 Å². The fraction of sp³-hybridized carbons (Fsp3) is 0.400. The van der Waals surface area contributed by atoms with Gasteiger partial charge >= 0.3 is 13.5 Å². The second kappa shape index (κ2) is 13.6. The zero-order valence-electron chi connectivity index (χ0n) is 25.5. The lowest BCUT2D eigenvalue weighted by atomic mass is 9.95. The van der Waals surface area contributed by atoms with Crippen molar-refractivity contribution in [1.82, 2.24) is 24.6 Å². The molecule has 3 atom stereocenters. The maximum Gasteiger partial charge on any atom is 0.342 e. The first-order valence-electron chi connectivity index (χ1n) is 14.1. The van der Waals surface area contributed by atoms with E-state index in [2.05, 4.69) is 20.0 Å². The second-order valence-electron chi connectivity index (χ2n) is 11.3. The van der Waals surface area contributed by atoms with Crippen LogP contribution >= 0.6 is 19.1 Å². The highest BCUT2D eigenvalue weighted by molar-refractivity contribution is 7.57. The molecule has 0 bridgehead atoms. The van der Waals surface area contributed by atoms with Crippen LogP contribution in [0.4, 0.5) is 5.82 Å². The molecule has 0 radical (unpaired) electrons. The van der Waals surface area contributed by atoms with E-state index >= 15 is 0 Å². The number of anilines is 1. The number of esters is 1. The highest BCUT2D eigenvalue weighted by Crippen LogP contribution is 2.45. The number of imidazole rings is 1. The van der Waals surface area contributed by atoms with Gasteiger partial charge in [0.05, 0.1) is 35.7 Å².